The van der Waals surface area contributed by atoms with Crippen LogP contribution >= 0.6 is 11.6 Å². The summed E-state index contributed by atoms with van der Waals surface area (Å²) in [5.74, 6) is -0.0840. The van der Waals surface area contributed by atoms with Gasteiger partial charge in [-0.1, -0.05) is 18.5 Å². The molecule has 19 heavy (non-hydrogen) atoms. The number of halogens is 1. The third kappa shape index (κ3) is 4.18. The summed E-state index contributed by atoms with van der Waals surface area (Å²) >= 11 is 5.85. The van der Waals surface area contributed by atoms with Crippen molar-refractivity contribution in [3.8, 4) is 0 Å². The van der Waals surface area contributed by atoms with Gasteiger partial charge in [0.15, 0.2) is 0 Å². The molecule has 1 aromatic heterocycles. The smallest absolute Gasteiger partial charge is 0.251 e. The Bertz CT molecular complexity index is 440. The SMILES string of the molecule is CCN(CCNC(=O)c1cc(C)nc(Cl)c1)C1CC1. The third-order valence-corrected chi connectivity index (χ3v) is 3.53. The molecule has 104 valence electrons. The second-order valence-corrected chi connectivity index (χ2v) is 5.32. The molecule has 0 atom stereocenters. The van der Waals surface area contributed by atoms with Crippen molar-refractivity contribution in [2.75, 3.05) is 19.6 Å². The number of aryl methyl sites for hydroxylation is 1. The molecule has 1 N–H and O–H groups in total. The Morgan fingerprint density at radius 1 is 1.53 bits per heavy atom. The molecule has 0 spiro atoms. The molecular weight excluding hydrogens is 262 g/mol. The number of nitrogens with one attached hydrogen (secondary N) is 1. The van der Waals surface area contributed by atoms with E-state index in [1.807, 2.05) is 6.92 Å². The van der Waals surface area contributed by atoms with Gasteiger partial charge in [0.05, 0.1) is 0 Å². The van der Waals surface area contributed by atoms with Crippen molar-refractivity contribution in [3.05, 3.63) is 28.5 Å². The molecule has 1 aromatic rings. The molecule has 0 unspecified atom stereocenters. The fourth-order valence-corrected chi connectivity index (χ4v) is 2.46. The summed E-state index contributed by atoms with van der Waals surface area (Å²) in [7, 11) is 0. The second-order valence-electron chi connectivity index (χ2n) is 4.94. The molecule has 0 bridgehead atoms. The fourth-order valence-electron chi connectivity index (χ4n) is 2.21. The third-order valence-electron chi connectivity index (χ3n) is 3.34. The molecule has 1 fully saturated rings. The Hall–Kier alpha value is -1.13. The van der Waals surface area contributed by atoms with E-state index in [0.717, 1.165) is 24.8 Å². The molecule has 0 aliphatic heterocycles. The molecule has 4 nitrogen and oxygen atoms in total. The maximum atomic E-state index is 12.0. The first kappa shape index (κ1) is 14.3. The molecule has 5 heteroatoms. The molecule has 0 radical (unpaired) electrons. The molecule has 2 rings (SSSR count). The van der Waals surface area contributed by atoms with Crippen molar-refractivity contribution in [1.82, 2.24) is 15.2 Å². The predicted octanol–water partition coefficient (Wildman–Crippen LogP) is 2.26. The molecule has 1 aliphatic carbocycles. The highest BCUT2D eigenvalue weighted by Crippen LogP contribution is 2.25. The number of likely N-dealkylation sites (N-methyl/N-ethyl adjacent to an activating group) is 1. The first-order chi connectivity index (χ1) is 9.10. The highest BCUT2D eigenvalue weighted by Gasteiger charge is 2.27. The van der Waals surface area contributed by atoms with Gasteiger partial charge in [0.25, 0.3) is 5.91 Å². The van der Waals surface area contributed by atoms with Gasteiger partial charge in [-0.2, -0.15) is 0 Å². The lowest BCUT2D eigenvalue weighted by molar-refractivity contribution is 0.0947. The zero-order chi connectivity index (χ0) is 13.8. The van der Waals surface area contributed by atoms with Crippen LogP contribution in [0.5, 0.6) is 0 Å². The van der Waals surface area contributed by atoms with E-state index in [0.29, 0.717) is 17.3 Å². The average molecular weight is 282 g/mol. The summed E-state index contributed by atoms with van der Waals surface area (Å²) in [6.07, 6.45) is 2.59. The maximum Gasteiger partial charge on any atom is 0.251 e. The Labute approximate surface area is 119 Å². The largest absolute Gasteiger partial charge is 0.351 e. The van der Waals surface area contributed by atoms with Crippen LogP contribution in [0.1, 0.15) is 35.8 Å². The van der Waals surface area contributed by atoms with Gasteiger partial charge in [-0.25, -0.2) is 4.98 Å². The van der Waals surface area contributed by atoms with Crippen LogP contribution < -0.4 is 5.32 Å². The van der Waals surface area contributed by atoms with Gasteiger partial charge in [-0.15, -0.1) is 0 Å². The molecule has 0 saturated heterocycles. The minimum atomic E-state index is -0.0840. The van der Waals surface area contributed by atoms with E-state index in [1.54, 1.807) is 12.1 Å². The normalized spacial score (nSPS) is 14.7. The van der Waals surface area contributed by atoms with E-state index in [4.69, 9.17) is 11.6 Å². The first-order valence-corrected chi connectivity index (χ1v) is 7.14. The van der Waals surface area contributed by atoms with Crippen molar-refractivity contribution >= 4 is 17.5 Å². The Morgan fingerprint density at radius 2 is 2.26 bits per heavy atom. The highest BCUT2D eigenvalue weighted by atomic mass is 35.5. The van der Waals surface area contributed by atoms with Crippen molar-refractivity contribution in [3.63, 3.8) is 0 Å². The van der Waals surface area contributed by atoms with E-state index in [1.165, 1.54) is 12.8 Å². The number of pyridine rings is 1. The number of hydrogen-bond acceptors (Lipinski definition) is 3. The topological polar surface area (TPSA) is 45.2 Å². The lowest BCUT2D eigenvalue weighted by Gasteiger charge is -2.19. The maximum absolute atomic E-state index is 12.0. The fraction of sp³-hybridized carbons (Fsp3) is 0.571. The minimum absolute atomic E-state index is 0.0840. The quantitative estimate of drug-likeness (QED) is 0.814. The van der Waals surface area contributed by atoms with Crippen molar-refractivity contribution in [1.29, 1.82) is 0 Å². The molecule has 1 amide bonds. The van der Waals surface area contributed by atoms with Gasteiger partial charge in [0.2, 0.25) is 0 Å². The van der Waals surface area contributed by atoms with Crippen LogP contribution in [-0.4, -0.2) is 41.5 Å². The number of rotatable bonds is 6. The number of hydrogen-bond donors (Lipinski definition) is 1. The predicted molar refractivity (Wildman–Crippen MR) is 76.6 cm³/mol. The molecule has 1 saturated carbocycles. The van der Waals surface area contributed by atoms with Crippen LogP contribution in [0.15, 0.2) is 12.1 Å². The van der Waals surface area contributed by atoms with E-state index in [-0.39, 0.29) is 5.91 Å². The van der Waals surface area contributed by atoms with Crippen LogP contribution in [0.3, 0.4) is 0 Å². The minimum Gasteiger partial charge on any atom is -0.351 e. The van der Waals surface area contributed by atoms with Gasteiger partial charge in [-0.3, -0.25) is 9.69 Å². The van der Waals surface area contributed by atoms with Crippen LogP contribution in [0.2, 0.25) is 5.15 Å². The first-order valence-electron chi connectivity index (χ1n) is 6.76. The lowest BCUT2D eigenvalue weighted by atomic mass is 10.2. The van der Waals surface area contributed by atoms with Gasteiger partial charge in [0.1, 0.15) is 5.15 Å². The van der Waals surface area contributed by atoms with E-state index >= 15 is 0 Å². The number of amides is 1. The van der Waals surface area contributed by atoms with Gasteiger partial charge >= 0.3 is 0 Å². The monoisotopic (exact) mass is 281 g/mol. The summed E-state index contributed by atoms with van der Waals surface area (Å²) in [6.45, 7) is 6.61. The van der Waals surface area contributed by atoms with Crippen molar-refractivity contribution < 1.29 is 4.79 Å². The summed E-state index contributed by atoms with van der Waals surface area (Å²) in [6, 6.07) is 4.08. The molecule has 1 heterocycles. The summed E-state index contributed by atoms with van der Waals surface area (Å²) in [4.78, 5) is 18.4. The van der Waals surface area contributed by atoms with Crippen molar-refractivity contribution in [2.45, 2.75) is 32.7 Å². The average Bonchev–Trinajstić information content (AvgIpc) is 3.17. The van der Waals surface area contributed by atoms with Crippen LogP contribution in [0.25, 0.3) is 0 Å². The van der Waals surface area contributed by atoms with E-state index in [9.17, 15) is 4.79 Å². The molecule has 0 aromatic carbocycles. The van der Waals surface area contributed by atoms with Gasteiger partial charge < -0.3 is 5.32 Å². The number of carbonyl (C=O) groups excluding carboxylic acids is 1. The van der Waals surface area contributed by atoms with Crippen LogP contribution in [0, 0.1) is 6.92 Å². The molecule has 1 aliphatic rings. The Balaban J connectivity index is 1.83. The zero-order valence-corrected chi connectivity index (χ0v) is 12.2. The van der Waals surface area contributed by atoms with E-state index in [2.05, 4.69) is 22.1 Å². The second kappa shape index (κ2) is 6.35. The highest BCUT2D eigenvalue weighted by molar-refractivity contribution is 6.29. The Kier molecular flexibility index (Phi) is 4.77. The number of nitrogens with zero attached hydrogens (tertiary/aromatic N) is 2. The van der Waals surface area contributed by atoms with Crippen LogP contribution in [-0.2, 0) is 0 Å². The standard InChI is InChI=1S/C14H20ClN3O/c1-3-18(12-4-5-12)7-6-16-14(19)11-8-10(2)17-13(15)9-11/h8-9,12H,3-7H2,1-2H3,(H,16,19). The summed E-state index contributed by atoms with van der Waals surface area (Å²) < 4.78 is 0. The zero-order valence-electron chi connectivity index (χ0n) is 11.4. The lowest BCUT2D eigenvalue weighted by Crippen LogP contribution is -2.36. The summed E-state index contributed by atoms with van der Waals surface area (Å²) in [5.41, 5.74) is 1.33. The van der Waals surface area contributed by atoms with E-state index < -0.39 is 0 Å². The van der Waals surface area contributed by atoms with Crippen LogP contribution in [0.4, 0.5) is 0 Å². The number of carbonyl (C=O) groups is 1. The van der Waals surface area contributed by atoms with Crippen molar-refractivity contribution in [2.24, 2.45) is 0 Å². The number of aromatic nitrogens is 1. The molecular formula is C14H20ClN3O. The van der Waals surface area contributed by atoms with Gasteiger partial charge in [0, 0.05) is 30.4 Å². The van der Waals surface area contributed by atoms with Gasteiger partial charge in [-0.05, 0) is 38.4 Å². The Morgan fingerprint density at radius 3 is 2.84 bits per heavy atom. The summed E-state index contributed by atoms with van der Waals surface area (Å²) in [5, 5.41) is 3.29.